The number of benzene rings is 1. The van der Waals surface area contributed by atoms with E-state index in [9.17, 15) is 9.59 Å². The maximum atomic E-state index is 11.4. The first-order valence-electron chi connectivity index (χ1n) is 5.64. The van der Waals surface area contributed by atoms with E-state index in [1.54, 1.807) is 25.1 Å². The third-order valence-electron chi connectivity index (χ3n) is 2.07. The summed E-state index contributed by atoms with van der Waals surface area (Å²) in [4.78, 5) is 22.6. The summed E-state index contributed by atoms with van der Waals surface area (Å²) in [5.74, 6) is -0.0887. The molecule has 0 atom stereocenters. The Kier molecular flexibility index (Phi) is 6.66. The normalized spacial score (nSPS) is 9.84. The highest BCUT2D eigenvalue weighted by Crippen LogP contribution is 2.27. The maximum absolute atomic E-state index is 11.4. The summed E-state index contributed by atoms with van der Waals surface area (Å²) in [5.41, 5.74) is 0. The van der Waals surface area contributed by atoms with Crippen molar-refractivity contribution in [1.29, 1.82) is 0 Å². The van der Waals surface area contributed by atoms with Gasteiger partial charge in [0.15, 0.2) is 6.61 Å². The van der Waals surface area contributed by atoms with E-state index in [2.05, 4.69) is 26.6 Å². The van der Waals surface area contributed by atoms with Gasteiger partial charge in [0, 0.05) is 11.6 Å². The van der Waals surface area contributed by atoms with Crippen LogP contribution in [-0.4, -0.2) is 31.5 Å². The largest absolute Gasteiger partial charge is 0.483 e. The second-order valence-electron chi connectivity index (χ2n) is 3.59. The minimum absolute atomic E-state index is 0.0577. The third-order valence-corrected chi connectivity index (χ3v) is 2.93. The Morgan fingerprint density at radius 1 is 1.32 bits per heavy atom. The van der Waals surface area contributed by atoms with Gasteiger partial charge >= 0.3 is 0 Å². The van der Waals surface area contributed by atoms with E-state index < -0.39 is 0 Å². The molecule has 0 saturated carbocycles. The van der Waals surface area contributed by atoms with Gasteiger partial charge in [0.1, 0.15) is 5.75 Å². The van der Waals surface area contributed by atoms with Crippen LogP contribution in [0.5, 0.6) is 5.75 Å². The summed E-state index contributed by atoms with van der Waals surface area (Å²) in [6.07, 6.45) is 0. The molecule has 0 radical (unpaired) electrons. The highest BCUT2D eigenvalue weighted by Gasteiger charge is 2.07. The number of hydrogen-bond acceptors (Lipinski definition) is 3. The minimum Gasteiger partial charge on any atom is -0.483 e. The van der Waals surface area contributed by atoms with E-state index in [1.807, 2.05) is 0 Å². The van der Waals surface area contributed by atoms with Crippen LogP contribution in [0.15, 0.2) is 22.7 Å². The molecular weight excluding hydrogens is 335 g/mol. The average Bonchev–Trinajstić information content (AvgIpc) is 2.35. The van der Waals surface area contributed by atoms with Crippen molar-refractivity contribution in [1.82, 2.24) is 10.6 Å². The van der Waals surface area contributed by atoms with E-state index in [0.717, 1.165) is 0 Å². The predicted molar refractivity (Wildman–Crippen MR) is 76.3 cm³/mol. The summed E-state index contributed by atoms with van der Waals surface area (Å²) in [7, 11) is 0. The zero-order valence-electron chi connectivity index (χ0n) is 10.3. The summed E-state index contributed by atoms with van der Waals surface area (Å²) >= 11 is 9.06. The van der Waals surface area contributed by atoms with Crippen LogP contribution in [0.4, 0.5) is 0 Å². The summed E-state index contributed by atoms with van der Waals surface area (Å²) in [6, 6.07) is 4.99. The van der Waals surface area contributed by atoms with Crippen LogP contribution in [0.1, 0.15) is 6.92 Å². The van der Waals surface area contributed by atoms with Gasteiger partial charge in [-0.3, -0.25) is 9.59 Å². The molecule has 0 saturated heterocycles. The zero-order valence-corrected chi connectivity index (χ0v) is 12.7. The van der Waals surface area contributed by atoms with E-state index in [1.165, 1.54) is 0 Å². The quantitative estimate of drug-likeness (QED) is 0.822. The van der Waals surface area contributed by atoms with Gasteiger partial charge in [0.2, 0.25) is 5.91 Å². The Bertz CT molecular complexity index is 468. The van der Waals surface area contributed by atoms with Crippen molar-refractivity contribution < 1.29 is 14.3 Å². The lowest BCUT2D eigenvalue weighted by atomic mass is 10.3. The molecule has 1 aromatic rings. The molecule has 5 nitrogen and oxygen atoms in total. The van der Waals surface area contributed by atoms with Crippen LogP contribution >= 0.6 is 27.5 Å². The van der Waals surface area contributed by atoms with E-state index in [0.29, 0.717) is 21.8 Å². The molecule has 2 N–H and O–H groups in total. The Labute approximate surface area is 124 Å². The van der Waals surface area contributed by atoms with Crippen molar-refractivity contribution >= 4 is 39.3 Å². The molecule has 0 unspecified atom stereocenters. The van der Waals surface area contributed by atoms with Crippen LogP contribution in [0, 0.1) is 0 Å². The van der Waals surface area contributed by atoms with Crippen LogP contribution < -0.4 is 15.4 Å². The van der Waals surface area contributed by atoms with Crippen molar-refractivity contribution in [2.45, 2.75) is 6.92 Å². The number of rotatable bonds is 6. The molecule has 19 heavy (non-hydrogen) atoms. The first kappa shape index (κ1) is 15.8. The lowest BCUT2D eigenvalue weighted by Crippen LogP contribution is -2.38. The number of carbonyl (C=O) groups is 2. The molecule has 0 aliphatic carbocycles. The number of hydrogen-bond donors (Lipinski definition) is 2. The van der Waals surface area contributed by atoms with Crippen LogP contribution in [0.25, 0.3) is 0 Å². The zero-order chi connectivity index (χ0) is 14.3. The molecule has 104 valence electrons. The van der Waals surface area contributed by atoms with Crippen LogP contribution in [-0.2, 0) is 9.59 Å². The van der Waals surface area contributed by atoms with E-state index >= 15 is 0 Å². The van der Waals surface area contributed by atoms with Gasteiger partial charge in [-0.1, -0.05) is 11.6 Å². The maximum Gasteiger partial charge on any atom is 0.258 e. The minimum atomic E-state index is -0.367. The molecule has 0 spiro atoms. The fourth-order valence-corrected chi connectivity index (χ4v) is 2.02. The monoisotopic (exact) mass is 348 g/mol. The Morgan fingerprint density at radius 3 is 2.68 bits per heavy atom. The second-order valence-corrected chi connectivity index (χ2v) is 4.88. The topological polar surface area (TPSA) is 67.4 Å². The van der Waals surface area contributed by atoms with Crippen LogP contribution in [0.2, 0.25) is 5.02 Å². The molecule has 0 aromatic heterocycles. The molecule has 2 amide bonds. The number of amides is 2. The first-order valence-corrected chi connectivity index (χ1v) is 6.81. The Morgan fingerprint density at radius 2 is 2.05 bits per heavy atom. The molecule has 0 bridgehead atoms. The van der Waals surface area contributed by atoms with Gasteiger partial charge in [-0.05, 0) is 41.1 Å². The molecule has 0 aliphatic rings. The van der Waals surface area contributed by atoms with Crippen molar-refractivity contribution in [2.24, 2.45) is 0 Å². The standard InChI is InChI=1S/C12H14BrClN2O3/c1-2-15-11(17)6-16-12(18)7-19-10-4-3-8(14)5-9(10)13/h3-5H,2,6-7H2,1H3,(H,15,17)(H,16,18). The van der Waals surface area contributed by atoms with Gasteiger partial charge in [-0.15, -0.1) is 0 Å². The van der Waals surface area contributed by atoms with E-state index in [4.69, 9.17) is 16.3 Å². The first-order chi connectivity index (χ1) is 9.02. The molecular formula is C12H14BrClN2O3. The van der Waals surface area contributed by atoms with Crippen molar-refractivity contribution in [3.63, 3.8) is 0 Å². The Balaban J connectivity index is 2.36. The highest BCUT2D eigenvalue weighted by atomic mass is 79.9. The number of nitrogens with one attached hydrogen (secondary N) is 2. The smallest absolute Gasteiger partial charge is 0.258 e. The molecule has 0 heterocycles. The lowest BCUT2D eigenvalue weighted by molar-refractivity contribution is -0.127. The number of carbonyl (C=O) groups excluding carboxylic acids is 2. The molecule has 7 heteroatoms. The number of likely N-dealkylation sites (N-methyl/N-ethyl adjacent to an activating group) is 1. The van der Waals surface area contributed by atoms with Crippen LogP contribution in [0.3, 0.4) is 0 Å². The van der Waals surface area contributed by atoms with Gasteiger partial charge in [0.05, 0.1) is 11.0 Å². The van der Waals surface area contributed by atoms with Gasteiger partial charge in [-0.2, -0.15) is 0 Å². The van der Waals surface area contributed by atoms with Gasteiger partial charge < -0.3 is 15.4 Å². The Hall–Kier alpha value is -1.27. The predicted octanol–water partition coefficient (Wildman–Crippen LogP) is 1.73. The summed E-state index contributed by atoms with van der Waals surface area (Å²) in [6.45, 7) is 2.11. The molecule has 0 aliphatic heterocycles. The van der Waals surface area contributed by atoms with E-state index in [-0.39, 0.29) is 25.0 Å². The van der Waals surface area contributed by atoms with Gasteiger partial charge in [0.25, 0.3) is 5.91 Å². The summed E-state index contributed by atoms with van der Waals surface area (Å²) < 4.78 is 5.96. The molecule has 1 rings (SSSR count). The van der Waals surface area contributed by atoms with Crippen molar-refractivity contribution in [3.05, 3.63) is 27.7 Å². The lowest BCUT2D eigenvalue weighted by Gasteiger charge is -2.09. The fraction of sp³-hybridized carbons (Fsp3) is 0.333. The van der Waals surface area contributed by atoms with Crippen molar-refractivity contribution in [3.8, 4) is 5.75 Å². The summed E-state index contributed by atoms with van der Waals surface area (Å²) in [5, 5.41) is 5.59. The van der Waals surface area contributed by atoms with Gasteiger partial charge in [-0.25, -0.2) is 0 Å². The SMILES string of the molecule is CCNC(=O)CNC(=O)COc1ccc(Cl)cc1Br. The molecule has 0 fully saturated rings. The number of halogens is 2. The second kappa shape index (κ2) is 8.01. The average molecular weight is 350 g/mol. The molecule has 1 aromatic carbocycles. The number of ether oxygens (including phenoxy) is 1. The third kappa shape index (κ3) is 5.94. The fourth-order valence-electron chi connectivity index (χ4n) is 1.23. The highest BCUT2D eigenvalue weighted by molar-refractivity contribution is 9.10. The van der Waals surface area contributed by atoms with Crippen molar-refractivity contribution in [2.75, 3.05) is 19.7 Å².